The molecule has 1 N–H and O–H groups in total. The van der Waals surface area contributed by atoms with E-state index in [1.54, 1.807) is 0 Å². The molecule has 0 aliphatic carbocycles. The zero-order valence-corrected chi connectivity index (χ0v) is 12.2. The lowest BCUT2D eigenvalue weighted by Gasteiger charge is -2.31. The molecule has 19 heavy (non-hydrogen) atoms. The van der Waals surface area contributed by atoms with Crippen LogP contribution in [0.25, 0.3) is 0 Å². The van der Waals surface area contributed by atoms with Crippen LogP contribution in [0.15, 0.2) is 0 Å². The van der Waals surface area contributed by atoms with Crippen molar-refractivity contribution in [2.24, 2.45) is 5.92 Å². The Balaban J connectivity index is 2.45. The molecule has 0 aromatic rings. The fraction of sp³-hybridized carbons (Fsp3) is 0.917. The van der Waals surface area contributed by atoms with Crippen molar-refractivity contribution in [2.45, 2.75) is 32.1 Å². The average molecular weight is 293 g/mol. The molecule has 1 heterocycles. The number of nitrogens with zero attached hydrogens (tertiary/aromatic N) is 1. The minimum Gasteiger partial charge on any atom is -0.469 e. The van der Waals surface area contributed by atoms with Crippen LogP contribution in [-0.2, 0) is 19.6 Å². The third-order valence-electron chi connectivity index (χ3n) is 3.42. The Morgan fingerprint density at radius 2 is 2.21 bits per heavy atom. The number of esters is 1. The number of aliphatic hydroxyl groups is 1. The minimum absolute atomic E-state index is 0.0199. The third kappa shape index (κ3) is 5.46. The second-order valence-electron chi connectivity index (χ2n) is 4.87. The lowest BCUT2D eigenvalue weighted by Crippen LogP contribution is -2.41. The summed E-state index contributed by atoms with van der Waals surface area (Å²) in [7, 11) is -2.00. The molecule has 1 saturated heterocycles. The summed E-state index contributed by atoms with van der Waals surface area (Å²) in [6.45, 7) is 1.13. The fourth-order valence-electron chi connectivity index (χ4n) is 2.33. The fourth-order valence-corrected chi connectivity index (χ4v) is 3.94. The smallest absolute Gasteiger partial charge is 0.305 e. The number of sulfonamides is 1. The van der Waals surface area contributed by atoms with Gasteiger partial charge in [0, 0.05) is 26.1 Å². The van der Waals surface area contributed by atoms with E-state index in [2.05, 4.69) is 4.74 Å². The maximum Gasteiger partial charge on any atom is 0.305 e. The molecule has 1 aliphatic heterocycles. The molecule has 7 heteroatoms. The first-order valence-electron chi connectivity index (χ1n) is 6.65. The maximum absolute atomic E-state index is 12.1. The molecular formula is C12H23NO5S. The third-order valence-corrected chi connectivity index (χ3v) is 5.35. The van der Waals surface area contributed by atoms with Crippen LogP contribution in [0.3, 0.4) is 0 Å². The highest BCUT2D eigenvalue weighted by atomic mass is 32.2. The summed E-state index contributed by atoms with van der Waals surface area (Å²) in [5.74, 6) is -0.158. The standard InChI is InChI=1S/C12H23NO5S/c1-18-12(15)5-3-9-19(16,17)13-7-2-4-11(10-13)6-8-14/h11,14H,2-10H2,1H3. The number of ether oxygens (including phenoxy) is 1. The first-order chi connectivity index (χ1) is 8.99. The topological polar surface area (TPSA) is 83.9 Å². The number of methoxy groups -OCH3 is 1. The summed E-state index contributed by atoms with van der Waals surface area (Å²) in [5.41, 5.74) is 0. The van der Waals surface area contributed by atoms with Crippen molar-refractivity contribution in [3.63, 3.8) is 0 Å². The summed E-state index contributed by atoms with van der Waals surface area (Å²) < 4.78 is 30.2. The van der Waals surface area contributed by atoms with Gasteiger partial charge >= 0.3 is 5.97 Å². The molecule has 0 saturated carbocycles. The first-order valence-corrected chi connectivity index (χ1v) is 8.26. The van der Waals surface area contributed by atoms with E-state index < -0.39 is 10.0 Å². The highest BCUT2D eigenvalue weighted by molar-refractivity contribution is 7.89. The number of carbonyl (C=O) groups excluding carboxylic acids is 1. The van der Waals surface area contributed by atoms with Gasteiger partial charge in [-0.3, -0.25) is 4.79 Å². The Bertz CT molecular complexity index is 380. The van der Waals surface area contributed by atoms with Gasteiger partial charge in [0.15, 0.2) is 0 Å². The molecule has 0 aromatic carbocycles. The quantitative estimate of drug-likeness (QED) is 0.685. The molecule has 6 nitrogen and oxygen atoms in total. The first kappa shape index (κ1) is 16.4. The lowest BCUT2D eigenvalue weighted by molar-refractivity contribution is -0.140. The minimum atomic E-state index is -3.29. The second-order valence-corrected chi connectivity index (χ2v) is 6.96. The molecule has 0 bridgehead atoms. The molecule has 1 rings (SSSR count). The van der Waals surface area contributed by atoms with Crippen LogP contribution in [0.4, 0.5) is 0 Å². The van der Waals surface area contributed by atoms with Gasteiger partial charge in [-0.05, 0) is 31.6 Å². The average Bonchev–Trinajstić information content (AvgIpc) is 2.39. The zero-order valence-electron chi connectivity index (χ0n) is 11.4. The Morgan fingerprint density at radius 1 is 1.47 bits per heavy atom. The van der Waals surface area contributed by atoms with Gasteiger partial charge in [-0.2, -0.15) is 0 Å². The SMILES string of the molecule is COC(=O)CCCS(=O)(=O)N1CCCC(CCO)C1. The molecule has 1 aliphatic rings. The lowest BCUT2D eigenvalue weighted by atomic mass is 9.97. The van der Waals surface area contributed by atoms with Gasteiger partial charge < -0.3 is 9.84 Å². The van der Waals surface area contributed by atoms with E-state index in [-0.39, 0.29) is 37.1 Å². The van der Waals surface area contributed by atoms with Gasteiger partial charge in [0.25, 0.3) is 0 Å². The number of rotatable bonds is 7. The van der Waals surface area contributed by atoms with Crippen molar-refractivity contribution >= 4 is 16.0 Å². The van der Waals surface area contributed by atoms with Gasteiger partial charge in [-0.15, -0.1) is 0 Å². The summed E-state index contributed by atoms with van der Waals surface area (Å²) in [6.07, 6.45) is 2.86. The van der Waals surface area contributed by atoms with E-state index in [0.29, 0.717) is 19.5 Å². The summed E-state index contributed by atoms with van der Waals surface area (Å²) in [5, 5.41) is 8.92. The van der Waals surface area contributed by atoms with Crippen LogP contribution in [0.1, 0.15) is 32.1 Å². The molecule has 0 radical (unpaired) electrons. The largest absolute Gasteiger partial charge is 0.469 e. The molecule has 1 unspecified atom stereocenters. The molecule has 0 aromatic heterocycles. The van der Waals surface area contributed by atoms with Crippen LogP contribution >= 0.6 is 0 Å². The van der Waals surface area contributed by atoms with Crippen LogP contribution < -0.4 is 0 Å². The Morgan fingerprint density at radius 3 is 2.84 bits per heavy atom. The van der Waals surface area contributed by atoms with Gasteiger partial charge in [0.2, 0.25) is 10.0 Å². The number of hydrogen-bond acceptors (Lipinski definition) is 5. The zero-order chi connectivity index (χ0) is 14.3. The van der Waals surface area contributed by atoms with E-state index in [9.17, 15) is 13.2 Å². The Hall–Kier alpha value is -0.660. The van der Waals surface area contributed by atoms with E-state index >= 15 is 0 Å². The van der Waals surface area contributed by atoms with Crippen LogP contribution in [0, 0.1) is 5.92 Å². The second kappa shape index (κ2) is 7.81. The normalized spacial score (nSPS) is 21.3. The number of carbonyl (C=O) groups is 1. The van der Waals surface area contributed by atoms with Crippen molar-refractivity contribution in [2.75, 3.05) is 32.6 Å². The molecule has 1 fully saturated rings. The Labute approximate surface area is 114 Å². The van der Waals surface area contributed by atoms with Gasteiger partial charge in [0.05, 0.1) is 12.9 Å². The van der Waals surface area contributed by atoms with Gasteiger partial charge in [-0.25, -0.2) is 12.7 Å². The monoisotopic (exact) mass is 293 g/mol. The molecule has 0 amide bonds. The van der Waals surface area contributed by atoms with Crippen LogP contribution in [0.2, 0.25) is 0 Å². The van der Waals surface area contributed by atoms with Gasteiger partial charge in [-0.1, -0.05) is 0 Å². The highest BCUT2D eigenvalue weighted by Gasteiger charge is 2.28. The Kier molecular flexibility index (Phi) is 6.74. The predicted molar refractivity (Wildman–Crippen MR) is 71.0 cm³/mol. The highest BCUT2D eigenvalue weighted by Crippen LogP contribution is 2.22. The number of hydrogen-bond donors (Lipinski definition) is 1. The predicted octanol–water partition coefficient (Wildman–Crippen LogP) is 0.364. The van der Waals surface area contributed by atoms with Crippen molar-refractivity contribution in [3.8, 4) is 0 Å². The molecule has 112 valence electrons. The van der Waals surface area contributed by atoms with E-state index in [1.807, 2.05) is 0 Å². The van der Waals surface area contributed by atoms with Crippen molar-refractivity contribution in [3.05, 3.63) is 0 Å². The van der Waals surface area contributed by atoms with Crippen LogP contribution in [0.5, 0.6) is 0 Å². The van der Waals surface area contributed by atoms with Crippen molar-refractivity contribution in [1.29, 1.82) is 0 Å². The maximum atomic E-state index is 12.1. The van der Waals surface area contributed by atoms with E-state index in [4.69, 9.17) is 5.11 Å². The summed E-state index contributed by atoms with van der Waals surface area (Å²) in [4.78, 5) is 11.0. The number of piperidine rings is 1. The molecule has 0 spiro atoms. The molecular weight excluding hydrogens is 270 g/mol. The molecule has 1 atom stereocenters. The van der Waals surface area contributed by atoms with Crippen molar-refractivity contribution < 1.29 is 23.1 Å². The summed E-state index contributed by atoms with van der Waals surface area (Å²) >= 11 is 0. The van der Waals surface area contributed by atoms with E-state index in [0.717, 1.165) is 12.8 Å². The van der Waals surface area contributed by atoms with Crippen LogP contribution in [-0.4, -0.2) is 56.4 Å². The number of aliphatic hydroxyl groups excluding tert-OH is 1. The van der Waals surface area contributed by atoms with E-state index in [1.165, 1.54) is 11.4 Å². The van der Waals surface area contributed by atoms with Gasteiger partial charge in [0.1, 0.15) is 0 Å². The van der Waals surface area contributed by atoms with Crippen molar-refractivity contribution in [1.82, 2.24) is 4.31 Å². The summed E-state index contributed by atoms with van der Waals surface area (Å²) in [6, 6.07) is 0.